The molecule has 7 heteroatoms. The molecule has 5 aromatic rings. The molecule has 5 rings (SSSR count). The number of nitrogens with zero attached hydrogens (tertiary/aromatic N) is 3. The Kier molecular flexibility index (Phi) is 5.03. The van der Waals surface area contributed by atoms with Gasteiger partial charge >= 0.3 is 5.63 Å². The van der Waals surface area contributed by atoms with E-state index in [1.54, 1.807) is 30.6 Å². The van der Waals surface area contributed by atoms with Gasteiger partial charge in [-0.1, -0.05) is 41.7 Å². The number of carbonyl (C=O) groups is 1. The average molecular weight is 442 g/mol. The number of pyridine rings is 1. The van der Waals surface area contributed by atoms with Crippen molar-refractivity contribution in [3.05, 3.63) is 99.7 Å². The van der Waals surface area contributed by atoms with Crippen LogP contribution in [0.1, 0.15) is 27.0 Å². The van der Waals surface area contributed by atoms with Gasteiger partial charge < -0.3 is 4.42 Å². The Morgan fingerprint density at radius 3 is 2.75 bits per heavy atom. The van der Waals surface area contributed by atoms with Crippen molar-refractivity contribution in [3.63, 3.8) is 0 Å². The minimum absolute atomic E-state index is 0.0280. The largest absolute Gasteiger partial charge is 0.422 e. The highest BCUT2D eigenvalue weighted by molar-refractivity contribution is 7.22. The molecule has 0 saturated heterocycles. The molecule has 0 saturated carbocycles. The Balaban J connectivity index is 1.65. The second-order valence-electron chi connectivity index (χ2n) is 7.66. The first-order chi connectivity index (χ1) is 15.5. The van der Waals surface area contributed by atoms with Crippen molar-refractivity contribution in [2.75, 3.05) is 4.90 Å². The van der Waals surface area contributed by atoms with E-state index < -0.39 is 11.5 Å². The zero-order valence-corrected chi connectivity index (χ0v) is 18.3. The maximum atomic E-state index is 13.7. The number of hydrogen-bond donors (Lipinski definition) is 0. The van der Waals surface area contributed by atoms with Crippen LogP contribution in [0.25, 0.3) is 21.2 Å². The van der Waals surface area contributed by atoms with Gasteiger partial charge in [-0.05, 0) is 54.8 Å². The van der Waals surface area contributed by atoms with Crippen LogP contribution in [0.5, 0.6) is 0 Å². The number of fused-ring (bicyclic) bond motifs is 2. The van der Waals surface area contributed by atoms with Gasteiger partial charge in [0.2, 0.25) is 0 Å². The van der Waals surface area contributed by atoms with Gasteiger partial charge in [0.25, 0.3) is 5.91 Å². The first-order valence-corrected chi connectivity index (χ1v) is 10.9. The van der Waals surface area contributed by atoms with Crippen LogP contribution in [-0.2, 0) is 6.54 Å². The van der Waals surface area contributed by atoms with Gasteiger partial charge in [-0.3, -0.25) is 14.7 Å². The summed E-state index contributed by atoms with van der Waals surface area (Å²) in [6, 6.07) is 16.5. The Hall–Kier alpha value is -3.84. The summed E-state index contributed by atoms with van der Waals surface area (Å²) in [6.45, 7) is 4.28. The van der Waals surface area contributed by atoms with Crippen LogP contribution in [0.15, 0.2) is 76.2 Å². The molecular formula is C25H19N3O3S. The number of anilines is 1. The van der Waals surface area contributed by atoms with E-state index in [2.05, 4.69) is 11.1 Å². The number of aryl methyl sites for hydroxylation is 2. The second kappa shape index (κ2) is 8.01. The fraction of sp³-hybridized carbons (Fsp3) is 0.120. The van der Waals surface area contributed by atoms with Crippen LogP contribution in [0, 0.1) is 13.8 Å². The van der Waals surface area contributed by atoms with E-state index in [-0.39, 0.29) is 12.1 Å². The van der Waals surface area contributed by atoms with E-state index in [0.29, 0.717) is 16.1 Å². The molecule has 0 N–H and O–H groups in total. The quantitative estimate of drug-likeness (QED) is 0.356. The number of thiazole rings is 1. The maximum Gasteiger partial charge on any atom is 0.349 e. The van der Waals surface area contributed by atoms with Gasteiger partial charge in [-0.2, -0.15) is 0 Å². The van der Waals surface area contributed by atoms with Crippen molar-refractivity contribution < 1.29 is 9.21 Å². The number of carbonyl (C=O) groups excluding carboxylic acids is 1. The number of amides is 1. The lowest BCUT2D eigenvalue weighted by Crippen LogP contribution is -2.33. The summed E-state index contributed by atoms with van der Waals surface area (Å²) in [5, 5.41) is 1.21. The highest BCUT2D eigenvalue weighted by Gasteiger charge is 2.25. The number of aromatic nitrogens is 2. The van der Waals surface area contributed by atoms with E-state index >= 15 is 0 Å². The van der Waals surface area contributed by atoms with Crippen molar-refractivity contribution in [2.24, 2.45) is 0 Å². The minimum Gasteiger partial charge on any atom is -0.422 e. The molecule has 0 spiro atoms. The van der Waals surface area contributed by atoms with Crippen LogP contribution >= 0.6 is 11.3 Å². The first-order valence-electron chi connectivity index (χ1n) is 10.1. The summed E-state index contributed by atoms with van der Waals surface area (Å²) in [5.41, 5.74) is 3.61. The van der Waals surface area contributed by atoms with Crippen LogP contribution < -0.4 is 10.5 Å². The summed E-state index contributed by atoms with van der Waals surface area (Å²) in [7, 11) is 0. The molecule has 0 radical (unpaired) electrons. The summed E-state index contributed by atoms with van der Waals surface area (Å²) in [4.78, 5) is 36.8. The smallest absolute Gasteiger partial charge is 0.349 e. The normalized spacial score (nSPS) is 11.2. The fourth-order valence-electron chi connectivity index (χ4n) is 3.74. The average Bonchev–Trinajstić information content (AvgIpc) is 3.21. The van der Waals surface area contributed by atoms with Gasteiger partial charge in [-0.15, -0.1) is 0 Å². The maximum absolute atomic E-state index is 13.7. The zero-order valence-electron chi connectivity index (χ0n) is 17.5. The molecule has 0 atom stereocenters. The van der Waals surface area contributed by atoms with Crippen molar-refractivity contribution in [2.45, 2.75) is 20.4 Å². The molecule has 3 aromatic heterocycles. The third-order valence-corrected chi connectivity index (χ3v) is 6.45. The van der Waals surface area contributed by atoms with Gasteiger partial charge in [0, 0.05) is 17.8 Å². The lowest BCUT2D eigenvalue weighted by atomic mass is 10.1. The summed E-state index contributed by atoms with van der Waals surface area (Å²) in [6.07, 6.45) is 3.38. The zero-order chi connectivity index (χ0) is 22.2. The molecule has 2 aromatic carbocycles. The lowest BCUT2D eigenvalue weighted by Gasteiger charge is -2.19. The Labute approximate surface area is 187 Å². The van der Waals surface area contributed by atoms with E-state index in [1.807, 2.05) is 44.2 Å². The van der Waals surface area contributed by atoms with E-state index in [4.69, 9.17) is 9.40 Å². The van der Waals surface area contributed by atoms with Crippen molar-refractivity contribution in [3.8, 4) is 0 Å². The first kappa shape index (κ1) is 20.1. The van der Waals surface area contributed by atoms with E-state index in [9.17, 15) is 9.59 Å². The molecule has 0 aliphatic carbocycles. The van der Waals surface area contributed by atoms with Crippen LogP contribution in [0.3, 0.4) is 0 Å². The molecule has 158 valence electrons. The van der Waals surface area contributed by atoms with Gasteiger partial charge in [0.15, 0.2) is 5.13 Å². The standard InChI is InChI=1S/C25H19N3O3S/c1-15-10-16(2)22-20(11-15)27-25(32-22)28(14-17-6-5-9-26-13-17)23(29)19-12-18-7-3-4-8-21(18)31-24(19)30/h3-13H,14H2,1-2H3. The third-order valence-electron chi connectivity index (χ3n) is 5.22. The van der Waals surface area contributed by atoms with Gasteiger partial charge in [0.05, 0.1) is 16.8 Å². The van der Waals surface area contributed by atoms with E-state index in [1.165, 1.54) is 16.2 Å². The molecule has 0 aliphatic rings. The molecule has 32 heavy (non-hydrogen) atoms. The van der Waals surface area contributed by atoms with Crippen molar-refractivity contribution in [1.29, 1.82) is 0 Å². The van der Waals surface area contributed by atoms with Crippen LogP contribution in [0.2, 0.25) is 0 Å². The van der Waals surface area contributed by atoms with Crippen molar-refractivity contribution >= 4 is 43.6 Å². The molecule has 0 fully saturated rings. The lowest BCUT2D eigenvalue weighted by molar-refractivity contribution is 0.0981. The minimum atomic E-state index is -0.668. The predicted octanol–water partition coefficient (Wildman–Crippen LogP) is 5.26. The van der Waals surface area contributed by atoms with Crippen LogP contribution in [0.4, 0.5) is 5.13 Å². The molecule has 1 amide bonds. The van der Waals surface area contributed by atoms with Gasteiger partial charge in [0.1, 0.15) is 11.1 Å². The summed E-state index contributed by atoms with van der Waals surface area (Å²) >= 11 is 1.43. The van der Waals surface area contributed by atoms with E-state index in [0.717, 1.165) is 26.9 Å². The summed E-state index contributed by atoms with van der Waals surface area (Å²) < 4.78 is 6.43. The van der Waals surface area contributed by atoms with Crippen molar-refractivity contribution in [1.82, 2.24) is 9.97 Å². The topological polar surface area (TPSA) is 76.3 Å². The molecule has 0 aliphatic heterocycles. The summed E-state index contributed by atoms with van der Waals surface area (Å²) in [5.74, 6) is -0.457. The number of para-hydroxylation sites is 1. The highest BCUT2D eigenvalue weighted by Crippen LogP contribution is 2.33. The number of hydrogen-bond acceptors (Lipinski definition) is 6. The Morgan fingerprint density at radius 2 is 1.94 bits per heavy atom. The SMILES string of the molecule is Cc1cc(C)c2sc(N(Cc3cccnc3)C(=O)c3cc4ccccc4oc3=O)nc2c1. The molecule has 0 bridgehead atoms. The Morgan fingerprint density at radius 1 is 1.09 bits per heavy atom. The molecule has 6 nitrogen and oxygen atoms in total. The highest BCUT2D eigenvalue weighted by atomic mass is 32.1. The Bertz CT molecular complexity index is 1520. The molecular weight excluding hydrogens is 422 g/mol. The molecule has 0 unspecified atom stereocenters. The monoisotopic (exact) mass is 441 g/mol. The van der Waals surface area contributed by atoms with Gasteiger partial charge in [-0.25, -0.2) is 9.78 Å². The fourth-order valence-corrected chi connectivity index (χ4v) is 4.75. The number of benzene rings is 2. The second-order valence-corrected chi connectivity index (χ2v) is 8.64. The molecule has 3 heterocycles. The van der Waals surface area contributed by atoms with Crippen LogP contribution in [-0.4, -0.2) is 15.9 Å². The third kappa shape index (κ3) is 3.67. The predicted molar refractivity (Wildman–Crippen MR) is 126 cm³/mol. The number of rotatable bonds is 4.